The van der Waals surface area contributed by atoms with Crippen molar-refractivity contribution in [3.8, 4) is 11.1 Å². The van der Waals surface area contributed by atoms with Crippen LogP contribution in [0.25, 0.3) is 22.0 Å². The third-order valence-electron chi connectivity index (χ3n) is 6.31. The van der Waals surface area contributed by atoms with E-state index < -0.39 is 0 Å². The summed E-state index contributed by atoms with van der Waals surface area (Å²) in [6, 6.07) is 5.79. The van der Waals surface area contributed by atoms with Crippen molar-refractivity contribution in [3.63, 3.8) is 0 Å². The Labute approximate surface area is 185 Å². The normalized spacial score (nSPS) is 23.2. The van der Waals surface area contributed by atoms with Crippen molar-refractivity contribution in [2.75, 3.05) is 6.54 Å². The van der Waals surface area contributed by atoms with Gasteiger partial charge in [-0.2, -0.15) is 5.10 Å². The number of rotatable bonds is 5. The van der Waals surface area contributed by atoms with Gasteiger partial charge in [-0.15, -0.1) is 0 Å². The smallest absolute Gasteiger partial charge is 0.204 e. The summed E-state index contributed by atoms with van der Waals surface area (Å²) in [6.45, 7) is 6.76. The van der Waals surface area contributed by atoms with Gasteiger partial charge in [0, 0.05) is 42.4 Å². The lowest BCUT2D eigenvalue weighted by molar-refractivity contribution is -0.123. The second kappa shape index (κ2) is 8.23. The molecule has 2 fully saturated rings. The minimum absolute atomic E-state index is 0.0241. The van der Waals surface area contributed by atoms with Crippen molar-refractivity contribution in [3.05, 3.63) is 42.1 Å². The largest absolute Gasteiger partial charge is 0.372 e. The van der Waals surface area contributed by atoms with E-state index in [0.29, 0.717) is 11.5 Å². The summed E-state index contributed by atoms with van der Waals surface area (Å²) in [6.07, 6.45) is 5.77. The molecule has 2 N–H and O–H groups in total. The molecule has 0 aliphatic carbocycles. The van der Waals surface area contributed by atoms with Crippen LogP contribution in [0.3, 0.4) is 0 Å². The van der Waals surface area contributed by atoms with Crippen molar-refractivity contribution in [2.24, 2.45) is 5.73 Å². The molecule has 2 aliphatic heterocycles. The molecular formula is C23H26N6O3. The topological polar surface area (TPSA) is 124 Å². The van der Waals surface area contributed by atoms with Crippen molar-refractivity contribution < 1.29 is 14.4 Å². The van der Waals surface area contributed by atoms with E-state index in [-0.39, 0.29) is 36.1 Å². The molecule has 2 saturated heterocycles. The molecule has 1 unspecified atom stereocenters. The van der Waals surface area contributed by atoms with Crippen molar-refractivity contribution >= 4 is 28.9 Å². The van der Waals surface area contributed by atoms with Crippen LogP contribution in [0, 0.1) is 6.92 Å². The van der Waals surface area contributed by atoms with Gasteiger partial charge in [-0.3, -0.25) is 24.0 Å². The molecule has 3 aromatic rings. The number of carbonyl (C=O) groups is 3. The molecule has 1 aromatic carbocycles. The molecular weight excluding hydrogens is 408 g/mol. The number of Topliss-reactive ketones (excluding diaryl/α,β-unsaturated/α-hetero) is 2. The number of nitrogens with two attached hydrogens (primary N) is 1. The summed E-state index contributed by atoms with van der Waals surface area (Å²) >= 11 is 0. The monoisotopic (exact) mass is 434 g/mol. The first-order valence-corrected chi connectivity index (χ1v) is 10.5. The zero-order valence-electron chi connectivity index (χ0n) is 18.4. The third-order valence-corrected chi connectivity index (χ3v) is 6.31. The Morgan fingerprint density at radius 3 is 2.50 bits per heavy atom. The standard InChI is InChI=1S/C22H23N5O2.CH3NO/c1-13(28)21-17-8-15(16-9-23-14(2)24-10-16)4-5-18(17)27(25-21)11-20(29)19-6-7-22(3)12-26(19)22;2-1-3/h4-5,8-10,19H,6-7,11-12H2,1-3H3;1H,(H2,2,3)/t19?,22-,26-;/m1./s1. The number of ketones is 2. The fraction of sp³-hybridized carbons (Fsp3) is 0.391. The van der Waals surface area contributed by atoms with Gasteiger partial charge in [-0.1, -0.05) is 6.07 Å². The predicted molar refractivity (Wildman–Crippen MR) is 119 cm³/mol. The number of benzene rings is 1. The maximum Gasteiger partial charge on any atom is 0.204 e. The number of piperidine rings is 1. The van der Waals surface area contributed by atoms with Gasteiger partial charge in [0.05, 0.1) is 11.6 Å². The van der Waals surface area contributed by atoms with Gasteiger partial charge in [0.15, 0.2) is 11.6 Å². The molecule has 9 heteroatoms. The number of aryl methyl sites for hydroxylation is 1. The highest BCUT2D eigenvalue weighted by molar-refractivity contribution is 6.06. The van der Waals surface area contributed by atoms with Crippen LogP contribution in [0.1, 0.15) is 43.0 Å². The molecule has 0 radical (unpaired) electrons. The zero-order valence-corrected chi connectivity index (χ0v) is 18.4. The molecule has 4 heterocycles. The average Bonchev–Trinajstić information content (AvgIpc) is 3.12. The highest BCUT2D eigenvalue weighted by atomic mass is 16.1. The number of hydrogen-bond donors (Lipinski definition) is 1. The number of primary amides is 1. The van der Waals surface area contributed by atoms with Crippen LogP contribution in [0.2, 0.25) is 0 Å². The number of amides is 1. The second-order valence-corrected chi connectivity index (χ2v) is 8.60. The van der Waals surface area contributed by atoms with Crippen LogP contribution in [0.4, 0.5) is 0 Å². The van der Waals surface area contributed by atoms with Crippen LogP contribution in [-0.2, 0) is 16.1 Å². The van der Waals surface area contributed by atoms with Crippen LogP contribution in [-0.4, -0.2) is 60.8 Å². The lowest BCUT2D eigenvalue weighted by atomic mass is 10.0. The lowest BCUT2D eigenvalue weighted by Gasteiger charge is -2.12. The first-order chi connectivity index (χ1) is 15.3. The van der Waals surface area contributed by atoms with E-state index in [4.69, 9.17) is 4.79 Å². The fourth-order valence-electron chi connectivity index (χ4n) is 4.51. The second-order valence-electron chi connectivity index (χ2n) is 8.60. The van der Waals surface area contributed by atoms with Gasteiger partial charge in [0.2, 0.25) is 6.41 Å². The van der Waals surface area contributed by atoms with Gasteiger partial charge in [0.25, 0.3) is 0 Å². The summed E-state index contributed by atoms with van der Waals surface area (Å²) in [5, 5.41) is 5.26. The Morgan fingerprint density at radius 1 is 1.25 bits per heavy atom. The number of nitrogens with zero attached hydrogens (tertiary/aromatic N) is 5. The lowest BCUT2D eigenvalue weighted by Crippen LogP contribution is -2.30. The molecule has 5 rings (SSSR count). The van der Waals surface area contributed by atoms with Crippen LogP contribution < -0.4 is 5.73 Å². The van der Waals surface area contributed by atoms with E-state index in [1.54, 1.807) is 17.1 Å². The Balaban J connectivity index is 0.000000775. The molecule has 3 atom stereocenters. The number of hydrogen-bond acceptors (Lipinski definition) is 7. The molecule has 9 nitrogen and oxygen atoms in total. The van der Waals surface area contributed by atoms with E-state index in [9.17, 15) is 9.59 Å². The maximum absolute atomic E-state index is 12.9. The van der Waals surface area contributed by atoms with Gasteiger partial charge < -0.3 is 5.73 Å². The molecule has 0 spiro atoms. The predicted octanol–water partition coefficient (Wildman–Crippen LogP) is 1.91. The van der Waals surface area contributed by atoms with Crippen LogP contribution in [0.15, 0.2) is 30.6 Å². The minimum atomic E-state index is -0.113. The van der Waals surface area contributed by atoms with E-state index in [0.717, 1.165) is 41.4 Å². The third kappa shape index (κ3) is 3.91. The first kappa shape index (κ1) is 21.8. The molecule has 1 amide bonds. The van der Waals surface area contributed by atoms with E-state index in [1.165, 1.54) is 6.92 Å². The zero-order chi connectivity index (χ0) is 23.0. The van der Waals surface area contributed by atoms with Crippen molar-refractivity contribution in [1.82, 2.24) is 24.6 Å². The Bertz CT molecular complexity index is 1200. The minimum Gasteiger partial charge on any atom is -0.372 e. The summed E-state index contributed by atoms with van der Waals surface area (Å²) < 4.78 is 1.68. The summed E-state index contributed by atoms with van der Waals surface area (Å²) in [4.78, 5) is 44.5. The first-order valence-electron chi connectivity index (χ1n) is 10.5. The molecule has 32 heavy (non-hydrogen) atoms. The molecule has 0 saturated carbocycles. The van der Waals surface area contributed by atoms with Crippen molar-refractivity contribution in [2.45, 2.75) is 51.7 Å². The molecule has 2 aromatic heterocycles. The summed E-state index contributed by atoms with van der Waals surface area (Å²) in [7, 11) is 0. The van der Waals surface area contributed by atoms with Crippen molar-refractivity contribution in [1.29, 1.82) is 0 Å². The Kier molecular flexibility index (Phi) is 5.60. The highest BCUT2D eigenvalue weighted by Crippen LogP contribution is 2.46. The van der Waals surface area contributed by atoms with E-state index in [2.05, 4.69) is 32.6 Å². The average molecular weight is 435 g/mol. The van der Waals surface area contributed by atoms with E-state index in [1.807, 2.05) is 25.1 Å². The Morgan fingerprint density at radius 2 is 1.94 bits per heavy atom. The number of aromatic nitrogens is 4. The van der Waals surface area contributed by atoms with E-state index >= 15 is 0 Å². The maximum atomic E-state index is 12.9. The SMILES string of the molecule is CC(=O)c1nn(CC(=O)C2CC[C@]3(C)C[N@]23)c2ccc(-c3cnc(C)nc3)cc12.NC=O. The van der Waals surface area contributed by atoms with Crippen LogP contribution >= 0.6 is 0 Å². The molecule has 166 valence electrons. The van der Waals surface area contributed by atoms with Gasteiger partial charge in [-0.05, 0) is 44.4 Å². The van der Waals surface area contributed by atoms with Gasteiger partial charge >= 0.3 is 0 Å². The van der Waals surface area contributed by atoms with Crippen LogP contribution in [0.5, 0.6) is 0 Å². The van der Waals surface area contributed by atoms with Gasteiger partial charge in [-0.25, -0.2) is 9.97 Å². The Hall–Kier alpha value is -3.46. The quantitative estimate of drug-likeness (QED) is 0.369. The van der Waals surface area contributed by atoms with Gasteiger partial charge in [0.1, 0.15) is 18.1 Å². The fourth-order valence-corrected chi connectivity index (χ4v) is 4.51. The highest BCUT2D eigenvalue weighted by Gasteiger charge is 2.57. The number of fused-ring (bicyclic) bond motifs is 2. The summed E-state index contributed by atoms with van der Waals surface area (Å²) in [5.41, 5.74) is 7.38. The number of carbonyl (C=O) groups excluding carboxylic acids is 3. The molecule has 0 bridgehead atoms. The summed E-state index contributed by atoms with van der Waals surface area (Å²) in [5.74, 6) is 0.764. The molecule has 2 aliphatic rings.